The molecule has 0 heteroatoms. The highest BCUT2D eigenvalue weighted by molar-refractivity contribution is 4.81. The van der Waals surface area contributed by atoms with Gasteiger partial charge in [0.25, 0.3) is 0 Å². The predicted molar refractivity (Wildman–Crippen MR) is 89.4 cm³/mol. The van der Waals surface area contributed by atoms with E-state index in [-0.39, 0.29) is 0 Å². The lowest BCUT2D eigenvalue weighted by molar-refractivity contribution is 0.562. The third-order valence-electron chi connectivity index (χ3n) is 3.69. The van der Waals surface area contributed by atoms with Crippen LogP contribution in [0, 0.1) is 5.92 Å². The summed E-state index contributed by atoms with van der Waals surface area (Å²) in [5, 5.41) is 0. The van der Waals surface area contributed by atoms with Crippen molar-refractivity contribution in [2.24, 2.45) is 0 Å². The van der Waals surface area contributed by atoms with Crippen LogP contribution in [0.5, 0.6) is 0 Å². The van der Waals surface area contributed by atoms with Gasteiger partial charge in [0.1, 0.15) is 0 Å². The Kier molecular flexibility index (Phi) is 15.6. The average molecular weight is 266 g/mol. The van der Waals surface area contributed by atoms with Gasteiger partial charge in [0.2, 0.25) is 0 Å². The first kappa shape index (κ1) is 18.7. The molecule has 0 N–H and O–H groups in total. The summed E-state index contributed by atoms with van der Waals surface area (Å²) in [5.74, 6) is 1.59. The van der Waals surface area contributed by atoms with Gasteiger partial charge in [-0.2, -0.15) is 0 Å². The predicted octanol–water partition coefficient (Wildman–Crippen LogP) is 7.25. The third-order valence-corrected chi connectivity index (χ3v) is 3.69. The van der Waals surface area contributed by atoms with Crippen molar-refractivity contribution in [2.45, 2.75) is 104 Å². The molecule has 113 valence electrons. The van der Waals surface area contributed by atoms with Crippen molar-refractivity contribution >= 4 is 0 Å². The second-order valence-corrected chi connectivity index (χ2v) is 6.19. The van der Waals surface area contributed by atoms with Crippen LogP contribution in [0.1, 0.15) is 104 Å². The standard InChI is InChI=1S/C19H37/c1-4-5-6-7-8-9-10-11-12-13-14-15-16-17-18-19(2)3/h7-8H,4-6,9-18H2,1-3H3. The van der Waals surface area contributed by atoms with Gasteiger partial charge >= 0.3 is 0 Å². The van der Waals surface area contributed by atoms with Crippen LogP contribution >= 0.6 is 0 Å². The monoisotopic (exact) mass is 265 g/mol. The zero-order chi connectivity index (χ0) is 14.2. The Morgan fingerprint density at radius 1 is 0.632 bits per heavy atom. The first-order chi connectivity index (χ1) is 9.27. The van der Waals surface area contributed by atoms with Crippen LogP contribution < -0.4 is 0 Å². The van der Waals surface area contributed by atoms with E-state index in [0.29, 0.717) is 0 Å². The van der Waals surface area contributed by atoms with Crippen molar-refractivity contribution in [3.8, 4) is 0 Å². The molecule has 0 heterocycles. The summed E-state index contributed by atoms with van der Waals surface area (Å²) in [6.45, 7) is 6.75. The van der Waals surface area contributed by atoms with Crippen LogP contribution in [-0.2, 0) is 0 Å². The quantitative estimate of drug-likeness (QED) is 0.229. The molecule has 0 unspecified atom stereocenters. The van der Waals surface area contributed by atoms with Gasteiger partial charge in [-0.15, -0.1) is 0 Å². The molecule has 0 fully saturated rings. The van der Waals surface area contributed by atoms with Gasteiger partial charge in [0.15, 0.2) is 0 Å². The summed E-state index contributed by atoms with van der Waals surface area (Å²) in [5.41, 5.74) is 0. The summed E-state index contributed by atoms with van der Waals surface area (Å²) in [7, 11) is 0. The second-order valence-electron chi connectivity index (χ2n) is 6.19. The Balaban J connectivity index is 3.01. The van der Waals surface area contributed by atoms with E-state index in [1.54, 1.807) is 5.92 Å². The van der Waals surface area contributed by atoms with Gasteiger partial charge in [-0.3, -0.25) is 0 Å². The molecular weight excluding hydrogens is 228 g/mol. The van der Waals surface area contributed by atoms with Gasteiger partial charge < -0.3 is 0 Å². The lowest BCUT2D eigenvalue weighted by Gasteiger charge is -2.04. The van der Waals surface area contributed by atoms with Gasteiger partial charge in [-0.1, -0.05) is 90.7 Å². The van der Waals surface area contributed by atoms with Crippen LogP contribution in [0.25, 0.3) is 0 Å². The molecule has 0 amide bonds. The van der Waals surface area contributed by atoms with E-state index in [1.807, 2.05) is 0 Å². The Labute approximate surface area is 123 Å². The van der Waals surface area contributed by atoms with Crippen molar-refractivity contribution in [2.75, 3.05) is 0 Å². The van der Waals surface area contributed by atoms with E-state index in [9.17, 15) is 0 Å². The molecule has 19 heavy (non-hydrogen) atoms. The highest BCUT2D eigenvalue weighted by Gasteiger charge is 1.95. The van der Waals surface area contributed by atoms with E-state index < -0.39 is 0 Å². The number of unbranched alkanes of at least 4 members (excludes halogenated alkanes) is 10. The first-order valence-electron chi connectivity index (χ1n) is 8.71. The van der Waals surface area contributed by atoms with Crippen LogP contribution in [0.15, 0.2) is 12.2 Å². The highest BCUT2D eigenvalue weighted by Crippen LogP contribution is 2.13. The molecular formula is C19H37. The molecule has 0 saturated heterocycles. The van der Waals surface area contributed by atoms with Gasteiger partial charge in [-0.25, -0.2) is 0 Å². The number of hydrogen-bond acceptors (Lipinski definition) is 0. The van der Waals surface area contributed by atoms with Crippen molar-refractivity contribution in [3.63, 3.8) is 0 Å². The van der Waals surface area contributed by atoms with Crippen molar-refractivity contribution in [1.82, 2.24) is 0 Å². The van der Waals surface area contributed by atoms with E-state index >= 15 is 0 Å². The maximum absolute atomic E-state index is 2.39. The molecule has 0 aromatic carbocycles. The minimum absolute atomic E-state index is 1.28. The minimum Gasteiger partial charge on any atom is -0.0885 e. The SMILES string of the molecule is CCCCC=CCCCCCCCCCC[C](C)C. The summed E-state index contributed by atoms with van der Waals surface area (Å²) in [4.78, 5) is 0. The van der Waals surface area contributed by atoms with Gasteiger partial charge in [0.05, 0.1) is 0 Å². The lowest BCUT2D eigenvalue weighted by Crippen LogP contribution is -1.85. The zero-order valence-electron chi connectivity index (χ0n) is 13.8. The first-order valence-corrected chi connectivity index (χ1v) is 8.71. The van der Waals surface area contributed by atoms with E-state index in [2.05, 4.69) is 32.9 Å². The van der Waals surface area contributed by atoms with Gasteiger partial charge in [0, 0.05) is 0 Å². The molecule has 0 aliphatic carbocycles. The van der Waals surface area contributed by atoms with Crippen LogP contribution in [0.3, 0.4) is 0 Å². The summed E-state index contributed by atoms with van der Waals surface area (Å²) >= 11 is 0. The summed E-state index contributed by atoms with van der Waals surface area (Å²) in [6, 6.07) is 0. The largest absolute Gasteiger partial charge is 0.0885 e. The molecule has 0 saturated carbocycles. The summed E-state index contributed by atoms with van der Waals surface area (Å²) in [6.07, 6.45) is 22.8. The fraction of sp³-hybridized carbons (Fsp3) is 0.842. The maximum atomic E-state index is 2.39. The molecule has 0 rings (SSSR count). The summed E-state index contributed by atoms with van der Waals surface area (Å²) < 4.78 is 0. The number of rotatable bonds is 14. The number of hydrogen-bond donors (Lipinski definition) is 0. The molecule has 0 aliphatic rings. The fourth-order valence-electron chi connectivity index (χ4n) is 2.36. The van der Waals surface area contributed by atoms with Crippen LogP contribution in [-0.4, -0.2) is 0 Å². The lowest BCUT2D eigenvalue weighted by atomic mass is 10.0. The Morgan fingerprint density at radius 3 is 1.63 bits per heavy atom. The second kappa shape index (κ2) is 15.8. The minimum atomic E-state index is 1.28. The molecule has 0 nitrogen and oxygen atoms in total. The molecule has 1 radical (unpaired) electrons. The van der Waals surface area contributed by atoms with Crippen LogP contribution in [0.4, 0.5) is 0 Å². The molecule has 0 aromatic rings. The molecule has 0 aromatic heterocycles. The Morgan fingerprint density at radius 2 is 1.11 bits per heavy atom. The fourth-order valence-corrected chi connectivity index (χ4v) is 2.36. The normalized spacial score (nSPS) is 11.8. The smallest absolute Gasteiger partial charge is 0.0303 e. The molecule has 0 atom stereocenters. The van der Waals surface area contributed by atoms with Crippen molar-refractivity contribution in [3.05, 3.63) is 18.1 Å². The van der Waals surface area contributed by atoms with Crippen molar-refractivity contribution in [1.29, 1.82) is 0 Å². The highest BCUT2D eigenvalue weighted by atomic mass is 14.0. The third kappa shape index (κ3) is 17.7. The van der Waals surface area contributed by atoms with E-state index in [1.165, 1.54) is 83.5 Å². The van der Waals surface area contributed by atoms with Gasteiger partial charge in [-0.05, 0) is 31.6 Å². The van der Waals surface area contributed by atoms with E-state index in [4.69, 9.17) is 0 Å². The topological polar surface area (TPSA) is 0 Å². The van der Waals surface area contributed by atoms with Crippen LogP contribution in [0.2, 0.25) is 0 Å². The molecule has 0 aliphatic heterocycles. The molecule has 0 bridgehead atoms. The zero-order valence-corrected chi connectivity index (χ0v) is 13.8. The average Bonchev–Trinajstić information content (AvgIpc) is 2.39. The Hall–Kier alpha value is -0.260. The number of allylic oxidation sites excluding steroid dienone is 2. The molecule has 0 spiro atoms. The van der Waals surface area contributed by atoms with E-state index in [0.717, 1.165) is 0 Å². The Bertz CT molecular complexity index is 178. The maximum Gasteiger partial charge on any atom is -0.0303 e. The van der Waals surface area contributed by atoms with Crippen molar-refractivity contribution < 1.29 is 0 Å².